The van der Waals surface area contributed by atoms with Crippen molar-refractivity contribution in [2.24, 2.45) is 10.7 Å². The van der Waals surface area contributed by atoms with Crippen molar-refractivity contribution < 1.29 is 18.7 Å². The van der Waals surface area contributed by atoms with Gasteiger partial charge in [-0.05, 0) is 35.9 Å². The largest absolute Gasteiger partial charge is 0.458 e. The number of hydrogen-bond donors (Lipinski definition) is 1. The van der Waals surface area contributed by atoms with Gasteiger partial charge in [0.25, 0.3) is 11.6 Å². The molecule has 32 heavy (non-hydrogen) atoms. The molecule has 0 saturated carbocycles. The van der Waals surface area contributed by atoms with Gasteiger partial charge in [0.05, 0.1) is 11.4 Å². The van der Waals surface area contributed by atoms with Crippen molar-refractivity contribution in [1.29, 1.82) is 0 Å². The third-order valence-corrected chi connectivity index (χ3v) is 5.64. The maximum absolute atomic E-state index is 14.8. The molecular formula is C24H19BrFN3O3. The summed E-state index contributed by atoms with van der Waals surface area (Å²) in [7, 11) is 1.49. The summed E-state index contributed by atoms with van der Waals surface area (Å²) in [5.74, 6) is -2.38. The van der Waals surface area contributed by atoms with Crippen molar-refractivity contribution in [2.45, 2.75) is 12.3 Å². The first-order chi connectivity index (χ1) is 15.3. The molecule has 0 saturated heterocycles. The Kier molecular flexibility index (Phi) is 5.90. The van der Waals surface area contributed by atoms with E-state index < -0.39 is 23.4 Å². The minimum Gasteiger partial charge on any atom is -0.458 e. The SMILES string of the molecule is CN1C(=O)C(N)(C(=O)OCc2ccccc2)N=C(c2ccccc2F)c2cc(Br)ccc21. The summed E-state index contributed by atoms with van der Waals surface area (Å²) in [5.41, 5.74) is 5.71. The zero-order chi connectivity index (χ0) is 22.9. The van der Waals surface area contributed by atoms with Gasteiger partial charge < -0.3 is 9.64 Å². The van der Waals surface area contributed by atoms with E-state index in [1.165, 1.54) is 24.1 Å². The summed E-state index contributed by atoms with van der Waals surface area (Å²) < 4.78 is 20.8. The Morgan fingerprint density at radius 1 is 1.09 bits per heavy atom. The van der Waals surface area contributed by atoms with E-state index in [1.807, 2.05) is 6.07 Å². The van der Waals surface area contributed by atoms with Gasteiger partial charge in [-0.3, -0.25) is 10.5 Å². The molecule has 0 spiro atoms. The quantitative estimate of drug-likeness (QED) is 0.440. The fraction of sp³-hybridized carbons (Fsp3) is 0.125. The average molecular weight is 496 g/mol. The minimum absolute atomic E-state index is 0.0799. The van der Waals surface area contributed by atoms with E-state index in [9.17, 15) is 14.0 Å². The summed E-state index contributed by atoms with van der Waals surface area (Å²) in [6.45, 7) is -0.0847. The number of fused-ring (bicyclic) bond motifs is 1. The molecule has 3 aromatic carbocycles. The van der Waals surface area contributed by atoms with E-state index in [0.717, 1.165) is 5.56 Å². The molecular weight excluding hydrogens is 477 g/mol. The van der Waals surface area contributed by atoms with Crippen LogP contribution in [0.4, 0.5) is 10.1 Å². The van der Waals surface area contributed by atoms with Gasteiger partial charge in [-0.15, -0.1) is 0 Å². The van der Waals surface area contributed by atoms with Crippen LogP contribution in [0.3, 0.4) is 0 Å². The van der Waals surface area contributed by atoms with Crippen molar-refractivity contribution in [3.63, 3.8) is 0 Å². The third-order valence-electron chi connectivity index (χ3n) is 5.15. The van der Waals surface area contributed by atoms with Crippen LogP contribution in [0.15, 0.2) is 82.3 Å². The average Bonchev–Trinajstić information content (AvgIpc) is 2.88. The van der Waals surface area contributed by atoms with E-state index >= 15 is 0 Å². The fourth-order valence-electron chi connectivity index (χ4n) is 3.46. The standard InChI is InChI=1S/C24H19BrFN3O3/c1-29-20-12-11-16(25)13-18(20)21(17-9-5-6-10-19(17)26)28-24(27,22(29)30)23(31)32-14-15-7-3-2-4-8-15/h2-13H,14,27H2,1H3. The van der Waals surface area contributed by atoms with Crippen LogP contribution in [0.1, 0.15) is 16.7 Å². The number of anilines is 1. The van der Waals surface area contributed by atoms with Gasteiger partial charge in [-0.2, -0.15) is 0 Å². The van der Waals surface area contributed by atoms with Gasteiger partial charge in [-0.25, -0.2) is 14.2 Å². The Balaban J connectivity index is 1.84. The number of carbonyl (C=O) groups excluding carboxylic acids is 2. The molecule has 0 aromatic heterocycles. The Morgan fingerprint density at radius 3 is 2.50 bits per heavy atom. The molecule has 4 rings (SSSR count). The third kappa shape index (κ3) is 3.94. The molecule has 6 nitrogen and oxygen atoms in total. The lowest BCUT2D eigenvalue weighted by molar-refractivity contribution is -0.154. The van der Waals surface area contributed by atoms with Gasteiger partial charge in [-0.1, -0.05) is 58.4 Å². The van der Waals surface area contributed by atoms with E-state index in [0.29, 0.717) is 15.7 Å². The second-order valence-electron chi connectivity index (χ2n) is 7.29. The molecule has 1 amide bonds. The molecule has 1 unspecified atom stereocenters. The number of hydrogen-bond acceptors (Lipinski definition) is 5. The summed E-state index contributed by atoms with van der Waals surface area (Å²) in [5, 5.41) is 0. The van der Waals surface area contributed by atoms with Crippen molar-refractivity contribution in [3.8, 4) is 0 Å². The lowest BCUT2D eigenvalue weighted by Gasteiger charge is -2.25. The molecule has 0 bridgehead atoms. The number of nitrogens with zero attached hydrogens (tertiary/aromatic N) is 2. The van der Waals surface area contributed by atoms with Crippen LogP contribution in [0, 0.1) is 5.82 Å². The van der Waals surface area contributed by atoms with Crippen LogP contribution in [-0.4, -0.2) is 30.3 Å². The lowest BCUT2D eigenvalue weighted by atomic mass is 9.99. The Hall–Kier alpha value is -3.36. The smallest absolute Gasteiger partial charge is 0.359 e. The molecule has 1 heterocycles. The Bertz CT molecular complexity index is 1230. The van der Waals surface area contributed by atoms with Crippen molar-refractivity contribution in [1.82, 2.24) is 0 Å². The van der Waals surface area contributed by atoms with Gasteiger partial charge in [0.15, 0.2) is 0 Å². The number of halogens is 2. The molecule has 8 heteroatoms. The van der Waals surface area contributed by atoms with Gasteiger partial charge in [0, 0.05) is 22.6 Å². The molecule has 0 aliphatic carbocycles. The highest BCUT2D eigenvalue weighted by atomic mass is 79.9. The van der Waals surface area contributed by atoms with Crippen LogP contribution in [0.25, 0.3) is 0 Å². The molecule has 1 atom stereocenters. The number of benzodiazepines with no additional fused rings is 1. The second-order valence-corrected chi connectivity index (χ2v) is 8.21. The first-order valence-corrected chi connectivity index (χ1v) is 10.5. The monoisotopic (exact) mass is 495 g/mol. The summed E-state index contributed by atoms with van der Waals surface area (Å²) in [6, 6.07) is 20.1. The molecule has 3 aromatic rings. The molecule has 0 fully saturated rings. The number of amides is 1. The Labute approximate surface area is 192 Å². The van der Waals surface area contributed by atoms with Gasteiger partial charge in [0.1, 0.15) is 12.4 Å². The summed E-state index contributed by atoms with van der Waals surface area (Å²) in [6.07, 6.45) is 0. The summed E-state index contributed by atoms with van der Waals surface area (Å²) in [4.78, 5) is 32.0. The zero-order valence-corrected chi connectivity index (χ0v) is 18.7. The van der Waals surface area contributed by atoms with Crippen LogP contribution in [0.5, 0.6) is 0 Å². The lowest BCUT2D eigenvalue weighted by Crippen LogP contribution is -2.59. The minimum atomic E-state index is -2.40. The maximum Gasteiger partial charge on any atom is 0.359 e. The number of likely N-dealkylation sites (N-methyl/N-ethyl adjacent to an activating group) is 1. The van der Waals surface area contributed by atoms with Gasteiger partial charge >= 0.3 is 5.97 Å². The van der Waals surface area contributed by atoms with Crippen LogP contribution in [0.2, 0.25) is 0 Å². The van der Waals surface area contributed by atoms with Crippen LogP contribution < -0.4 is 10.6 Å². The van der Waals surface area contributed by atoms with Crippen LogP contribution >= 0.6 is 15.9 Å². The highest BCUT2D eigenvalue weighted by Gasteiger charge is 2.49. The van der Waals surface area contributed by atoms with Crippen LogP contribution in [-0.2, 0) is 20.9 Å². The number of aliphatic imine (C=N–C) groups is 1. The predicted molar refractivity (Wildman–Crippen MR) is 123 cm³/mol. The second kappa shape index (κ2) is 8.64. The molecule has 0 radical (unpaired) electrons. The van der Waals surface area contributed by atoms with Crippen molar-refractivity contribution >= 4 is 39.2 Å². The van der Waals surface area contributed by atoms with E-state index in [1.54, 1.807) is 54.6 Å². The van der Waals surface area contributed by atoms with Crippen molar-refractivity contribution in [3.05, 3.63) is 99.8 Å². The highest BCUT2D eigenvalue weighted by molar-refractivity contribution is 9.10. The topological polar surface area (TPSA) is 85.0 Å². The first kappa shape index (κ1) is 21.9. The van der Waals surface area contributed by atoms with Crippen molar-refractivity contribution in [2.75, 3.05) is 11.9 Å². The molecule has 2 N–H and O–H groups in total. The van der Waals surface area contributed by atoms with E-state index in [2.05, 4.69) is 20.9 Å². The molecule has 162 valence electrons. The summed E-state index contributed by atoms with van der Waals surface area (Å²) >= 11 is 3.40. The molecule has 1 aliphatic rings. The zero-order valence-electron chi connectivity index (χ0n) is 17.1. The maximum atomic E-state index is 14.8. The van der Waals surface area contributed by atoms with E-state index in [-0.39, 0.29) is 17.9 Å². The Morgan fingerprint density at radius 2 is 1.78 bits per heavy atom. The first-order valence-electron chi connectivity index (χ1n) is 9.74. The predicted octanol–water partition coefficient (Wildman–Crippen LogP) is 3.80. The molecule has 1 aliphatic heterocycles. The fourth-order valence-corrected chi connectivity index (χ4v) is 3.83. The number of ether oxygens (including phenoxy) is 1. The highest BCUT2D eigenvalue weighted by Crippen LogP contribution is 2.33. The number of benzene rings is 3. The number of rotatable bonds is 4. The number of carbonyl (C=O) groups is 2. The van der Waals surface area contributed by atoms with E-state index in [4.69, 9.17) is 10.5 Å². The van der Waals surface area contributed by atoms with Gasteiger partial charge in [0.2, 0.25) is 0 Å². The number of nitrogens with two attached hydrogens (primary N) is 1. The normalized spacial score (nSPS) is 17.9. The number of esters is 1.